The predicted molar refractivity (Wildman–Crippen MR) is 115 cm³/mol. The number of hydrogen-bond donors (Lipinski definition) is 2. The minimum absolute atomic E-state index is 0.0175. The first-order valence-corrected chi connectivity index (χ1v) is 10.0. The van der Waals surface area contributed by atoms with E-state index in [4.69, 9.17) is 11.6 Å². The van der Waals surface area contributed by atoms with Crippen LogP contribution in [0.25, 0.3) is 0 Å². The van der Waals surface area contributed by atoms with Crippen LogP contribution >= 0.6 is 11.6 Å². The molecule has 1 aromatic carbocycles. The van der Waals surface area contributed by atoms with Crippen LogP contribution in [0.3, 0.4) is 0 Å². The number of amides is 2. The number of aromatic nitrogens is 1. The molecule has 1 aromatic heterocycles. The lowest BCUT2D eigenvalue weighted by atomic mass is 10.1. The second kappa shape index (κ2) is 9.82. The highest BCUT2D eigenvalue weighted by atomic mass is 35.5. The first-order chi connectivity index (χ1) is 13.9. The maximum atomic E-state index is 12.4. The van der Waals surface area contributed by atoms with Gasteiger partial charge in [0, 0.05) is 38.1 Å². The van der Waals surface area contributed by atoms with Crippen molar-refractivity contribution >= 4 is 34.8 Å². The van der Waals surface area contributed by atoms with Crippen LogP contribution in [-0.4, -0.2) is 65.9 Å². The van der Waals surface area contributed by atoms with Gasteiger partial charge in [-0.1, -0.05) is 23.7 Å². The van der Waals surface area contributed by atoms with Crippen molar-refractivity contribution in [3.05, 3.63) is 52.8 Å². The zero-order valence-corrected chi connectivity index (χ0v) is 17.5. The SMILES string of the molecule is Cc1cccc(NC(=O)CN2CCN(CC(=O)Nc3cccnc3Cl)CC2)c1C. The Morgan fingerprint density at radius 1 is 0.931 bits per heavy atom. The van der Waals surface area contributed by atoms with E-state index in [1.165, 1.54) is 0 Å². The molecule has 1 aliphatic rings. The number of benzene rings is 1. The molecule has 0 radical (unpaired) electrons. The summed E-state index contributed by atoms with van der Waals surface area (Å²) in [6, 6.07) is 9.34. The van der Waals surface area contributed by atoms with Gasteiger partial charge in [-0.15, -0.1) is 0 Å². The van der Waals surface area contributed by atoms with Crippen LogP contribution in [0.15, 0.2) is 36.5 Å². The van der Waals surface area contributed by atoms with Crippen molar-refractivity contribution in [1.82, 2.24) is 14.8 Å². The molecular weight excluding hydrogens is 390 g/mol. The third-order valence-electron chi connectivity index (χ3n) is 5.11. The fourth-order valence-electron chi connectivity index (χ4n) is 3.26. The van der Waals surface area contributed by atoms with Gasteiger partial charge < -0.3 is 10.6 Å². The number of carbonyl (C=O) groups excluding carboxylic acids is 2. The number of nitrogens with zero attached hydrogens (tertiary/aromatic N) is 3. The largest absolute Gasteiger partial charge is 0.325 e. The van der Waals surface area contributed by atoms with Crippen LogP contribution in [0.4, 0.5) is 11.4 Å². The van der Waals surface area contributed by atoms with Gasteiger partial charge in [0.15, 0.2) is 5.15 Å². The standard InChI is InChI=1S/C21H26ClN5O2/c1-15-5-3-6-17(16(15)2)24-19(28)13-26-9-11-27(12-10-26)14-20(29)25-18-7-4-8-23-21(18)22/h3-8H,9-14H2,1-2H3,(H,24,28)(H,25,29). The fourth-order valence-corrected chi connectivity index (χ4v) is 3.42. The molecule has 0 bridgehead atoms. The molecule has 0 saturated carbocycles. The second-order valence-corrected chi connectivity index (χ2v) is 7.60. The third kappa shape index (κ3) is 6.00. The van der Waals surface area contributed by atoms with Crippen molar-refractivity contribution in [2.75, 3.05) is 49.9 Å². The molecule has 154 valence electrons. The smallest absolute Gasteiger partial charge is 0.238 e. The zero-order valence-electron chi connectivity index (χ0n) is 16.7. The van der Waals surface area contributed by atoms with Crippen LogP contribution in [0.5, 0.6) is 0 Å². The summed E-state index contributed by atoms with van der Waals surface area (Å²) in [5, 5.41) is 6.06. The number of halogens is 1. The van der Waals surface area contributed by atoms with Crippen molar-refractivity contribution in [1.29, 1.82) is 0 Å². The maximum Gasteiger partial charge on any atom is 0.238 e. The van der Waals surface area contributed by atoms with Gasteiger partial charge in [0.2, 0.25) is 11.8 Å². The molecule has 3 rings (SSSR count). The van der Waals surface area contributed by atoms with Gasteiger partial charge in [-0.3, -0.25) is 19.4 Å². The molecular formula is C21H26ClN5O2. The summed E-state index contributed by atoms with van der Waals surface area (Å²) in [5.41, 5.74) is 3.62. The molecule has 0 aliphatic carbocycles. The Morgan fingerprint density at radius 2 is 1.48 bits per heavy atom. The molecule has 1 saturated heterocycles. The summed E-state index contributed by atoms with van der Waals surface area (Å²) in [4.78, 5) is 32.7. The van der Waals surface area contributed by atoms with Crippen molar-refractivity contribution < 1.29 is 9.59 Å². The molecule has 2 aromatic rings. The number of piperazine rings is 1. The average Bonchev–Trinajstić information content (AvgIpc) is 2.69. The minimum Gasteiger partial charge on any atom is -0.325 e. The van der Waals surface area contributed by atoms with Crippen LogP contribution in [-0.2, 0) is 9.59 Å². The normalized spacial score (nSPS) is 15.1. The van der Waals surface area contributed by atoms with Crippen molar-refractivity contribution in [2.24, 2.45) is 0 Å². The molecule has 1 fully saturated rings. The Bertz CT molecular complexity index is 881. The lowest BCUT2D eigenvalue weighted by Crippen LogP contribution is -2.50. The van der Waals surface area contributed by atoms with E-state index in [0.29, 0.717) is 12.2 Å². The molecule has 0 spiro atoms. The summed E-state index contributed by atoms with van der Waals surface area (Å²) in [5.74, 6) is -0.142. The van der Waals surface area contributed by atoms with E-state index < -0.39 is 0 Å². The van der Waals surface area contributed by atoms with Gasteiger partial charge in [-0.25, -0.2) is 4.98 Å². The van der Waals surface area contributed by atoms with E-state index in [1.54, 1.807) is 18.3 Å². The molecule has 2 amide bonds. The molecule has 1 aliphatic heterocycles. The number of nitrogens with one attached hydrogen (secondary N) is 2. The third-order valence-corrected chi connectivity index (χ3v) is 5.41. The molecule has 2 N–H and O–H groups in total. The van der Waals surface area contributed by atoms with E-state index in [1.807, 2.05) is 32.0 Å². The lowest BCUT2D eigenvalue weighted by molar-refractivity contribution is -0.120. The molecule has 7 nitrogen and oxygen atoms in total. The Balaban J connectivity index is 1.42. The van der Waals surface area contributed by atoms with Crippen molar-refractivity contribution in [3.8, 4) is 0 Å². The summed E-state index contributed by atoms with van der Waals surface area (Å²) >= 11 is 5.97. The second-order valence-electron chi connectivity index (χ2n) is 7.24. The van der Waals surface area contributed by atoms with Gasteiger partial charge in [0.05, 0.1) is 18.8 Å². The molecule has 8 heteroatoms. The van der Waals surface area contributed by atoms with E-state index in [0.717, 1.165) is 43.0 Å². The number of hydrogen-bond acceptors (Lipinski definition) is 5. The Hall–Kier alpha value is -2.48. The molecule has 2 heterocycles. The number of pyridine rings is 1. The highest BCUT2D eigenvalue weighted by Gasteiger charge is 2.21. The van der Waals surface area contributed by atoms with Crippen molar-refractivity contribution in [3.63, 3.8) is 0 Å². The summed E-state index contributed by atoms with van der Waals surface area (Å²) in [7, 11) is 0. The molecule has 0 atom stereocenters. The first-order valence-electron chi connectivity index (χ1n) is 9.63. The van der Waals surface area contributed by atoms with Crippen LogP contribution in [0.1, 0.15) is 11.1 Å². The van der Waals surface area contributed by atoms with E-state index in [-0.39, 0.29) is 23.5 Å². The number of rotatable bonds is 6. The van der Waals surface area contributed by atoms with Gasteiger partial charge in [-0.05, 0) is 43.2 Å². The zero-order chi connectivity index (χ0) is 20.8. The summed E-state index contributed by atoms with van der Waals surface area (Å²) in [6.07, 6.45) is 1.58. The topological polar surface area (TPSA) is 77.6 Å². The van der Waals surface area contributed by atoms with Crippen LogP contribution in [0, 0.1) is 13.8 Å². The summed E-state index contributed by atoms with van der Waals surface area (Å²) < 4.78 is 0. The summed E-state index contributed by atoms with van der Waals surface area (Å²) in [6.45, 7) is 7.60. The number of aryl methyl sites for hydroxylation is 1. The number of anilines is 2. The Kier molecular flexibility index (Phi) is 7.19. The van der Waals surface area contributed by atoms with Gasteiger partial charge in [-0.2, -0.15) is 0 Å². The van der Waals surface area contributed by atoms with Crippen LogP contribution in [0.2, 0.25) is 5.15 Å². The Labute approximate surface area is 176 Å². The van der Waals surface area contributed by atoms with Crippen LogP contribution < -0.4 is 10.6 Å². The maximum absolute atomic E-state index is 12.4. The Morgan fingerprint density at radius 3 is 2.07 bits per heavy atom. The highest BCUT2D eigenvalue weighted by molar-refractivity contribution is 6.32. The molecule has 0 unspecified atom stereocenters. The predicted octanol–water partition coefficient (Wildman–Crippen LogP) is 2.55. The average molecular weight is 416 g/mol. The lowest BCUT2D eigenvalue weighted by Gasteiger charge is -2.33. The minimum atomic E-state index is -0.124. The van der Waals surface area contributed by atoms with Crippen molar-refractivity contribution in [2.45, 2.75) is 13.8 Å². The van der Waals surface area contributed by atoms with Gasteiger partial charge in [0.25, 0.3) is 0 Å². The van der Waals surface area contributed by atoms with E-state index >= 15 is 0 Å². The van der Waals surface area contributed by atoms with E-state index in [2.05, 4.69) is 25.4 Å². The van der Waals surface area contributed by atoms with E-state index in [9.17, 15) is 9.59 Å². The first kappa shape index (κ1) is 21.2. The molecule has 29 heavy (non-hydrogen) atoms. The van der Waals surface area contributed by atoms with Gasteiger partial charge in [0.1, 0.15) is 0 Å². The number of carbonyl (C=O) groups is 2. The fraction of sp³-hybridized carbons (Fsp3) is 0.381. The van der Waals surface area contributed by atoms with Gasteiger partial charge >= 0.3 is 0 Å². The highest BCUT2D eigenvalue weighted by Crippen LogP contribution is 2.18. The quantitative estimate of drug-likeness (QED) is 0.709. The monoisotopic (exact) mass is 415 g/mol.